The second kappa shape index (κ2) is 9.85. The number of anilines is 3. The molecule has 3 N–H and O–H groups in total. The van der Waals surface area contributed by atoms with Gasteiger partial charge in [-0.05, 0) is 29.8 Å². The lowest BCUT2D eigenvalue weighted by atomic mass is 10.0. The normalized spacial score (nSPS) is 11.5. The highest BCUT2D eigenvalue weighted by Crippen LogP contribution is 2.37. The molecule has 0 aliphatic carbocycles. The summed E-state index contributed by atoms with van der Waals surface area (Å²) in [6.45, 7) is 0. The minimum atomic E-state index is -1.24. The summed E-state index contributed by atoms with van der Waals surface area (Å²) < 4.78 is 27.1. The van der Waals surface area contributed by atoms with E-state index >= 15 is 0 Å². The molecule has 180 valence electrons. The van der Waals surface area contributed by atoms with Gasteiger partial charge in [0.25, 0.3) is 0 Å². The minimum absolute atomic E-state index is 0.131. The number of benzene rings is 2. The van der Waals surface area contributed by atoms with Gasteiger partial charge < -0.3 is 10.6 Å². The highest BCUT2D eigenvalue weighted by Gasteiger charge is 2.21. The van der Waals surface area contributed by atoms with Crippen molar-refractivity contribution in [1.29, 1.82) is 10.5 Å². The van der Waals surface area contributed by atoms with Gasteiger partial charge in [0.15, 0.2) is 5.82 Å². The lowest BCUT2D eigenvalue weighted by Gasteiger charge is -2.21. The highest BCUT2D eigenvalue weighted by atomic mass is 35.5. The standard InChI is InChI=1S/C25H14ClF2N9/c26-16-5-18-22(34-17-7-19(27)25(28)32-11-17)15(9-30)10-31-24(18)20(6-16)35-23(21-12-33-37-36-21)14-3-1-2-13(4-14)8-29/h1-7,10-12,23,35H,(H,31,34)(H,33,36,37)/t23-/m0/s1. The van der Waals surface area contributed by atoms with Gasteiger partial charge in [-0.25, -0.2) is 9.37 Å². The molecule has 0 aliphatic rings. The molecule has 37 heavy (non-hydrogen) atoms. The first-order valence-corrected chi connectivity index (χ1v) is 11.1. The molecule has 0 saturated heterocycles. The summed E-state index contributed by atoms with van der Waals surface area (Å²) in [4.78, 5) is 7.84. The molecule has 0 radical (unpaired) electrons. The van der Waals surface area contributed by atoms with Crippen LogP contribution in [-0.2, 0) is 0 Å². The van der Waals surface area contributed by atoms with Gasteiger partial charge in [0.2, 0.25) is 5.95 Å². The maximum absolute atomic E-state index is 13.8. The topological polar surface area (TPSA) is 139 Å². The van der Waals surface area contributed by atoms with E-state index in [1.54, 1.807) is 36.5 Å². The third kappa shape index (κ3) is 4.72. The Morgan fingerprint density at radius 1 is 1.00 bits per heavy atom. The summed E-state index contributed by atoms with van der Waals surface area (Å²) in [7, 11) is 0. The zero-order chi connectivity index (χ0) is 25.9. The lowest BCUT2D eigenvalue weighted by Crippen LogP contribution is -2.14. The zero-order valence-electron chi connectivity index (χ0n) is 18.7. The van der Waals surface area contributed by atoms with Crippen LogP contribution in [0.15, 0.2) is 61.1 Å². The molecular weight excluding hydrogens is 500 g/mol. The molecule has 2 aromatic carbocycles. The molecule has 5 rings (SSSR count). The number of hydrogen-bond acceptors (Lipinski definition) is 8. The summed E-state index contributed by atoms with van der Waals surface area (Å²) in [5, 5.41) is 36.8. The van der Waals surface area contributed by atoms with E-state index in [4.69, 9.17) is 11.6 Å². The van der Waals surface area contributed by atoms with Gasteiger partial charge in [-0.2, -0.15) is 30.3 Å². The Kier molecular flexibility index (Phi) is 6.29. The van der Waals surface area contributed by atoms with Crippen LogP contribution in [0.25, 0.3) is 10.9 Å². The third-order valence-corrected chi connectivity index (χ3v) is 5.72. The van der Waals surface area contributed by atoms with Crippen molar-refractivity contribution in [2.24, 2.45) is 0 Å². The fourth-order valence-electron chi connectivity index (χ4n) is 3.85. The summed E-state index contributed by atoms with van der Waals surface area (Å²) in [6.07, 6.45) is 4.02. The fourth-order valence-corrected chi connectivity index (χ4v) is 4.07. The molecule has 0 bridgehead atoms. The van der Waals surface area contributed by atoms with Crippen molar-refractivity contribution in [3.8, 4) is 12.1 Å². The van der Waals surface area contributed by atoms with E-state index < -0.39 is 17.8 Å². The number of aromatic amines is 1. The average Bonchev–Trinajstić information content (AvgIpc) is 3.44. The Morgan fingerprint density at radius 3 is 2.59 bits per heavy atom. The van der Waals surface area contributed by atoms with Crippen LogP contribution >= 0.6 is 11.6 Å². The molecule has 5 aromatic rings. The molecule has 1 atom stereocenters. The summed E-state index contributed by atoms with van der Waals surface area (Å²) >= 11 is 6.46. The number of halogens is 3. The molecule has 0 saturated carbocycles. The van der Waals surface area contributed by atoms with E-state index in [9.17, 15) is 19.3 Å². The summed E-state index contributed by atoms with van der Waals surface area (Å²) in [5.41, 5.74) is 3.25. The second-order valence-electron chi connectivity index (χ2n) is 7.84. The molecule has 3 aromatic heterocycles. The van der Waals surface area contributed by atoms with Crippen LogP contribution in [0.4, 0.5) is 25.8 Å². The van der Waals surface area contributed by atoms with Crippen molar-refractivity contribution < 1.29 is 8.78 Å². The first-order valence-electron chi connectivity index (χ1n) is 10.7. The number of H-pyrrole nitrogens is 1. The van der Waals surface area contributed by atoms with Crippen LogP contribution in [0, 0.1) is 34.4 Å². The quantitative estimate of drug-likeness (QED) is 0.257. The van der Waals surface area contributed by atoms with Crippen molar-refractivity contribution in [3.05, 3.63) is 100 Å². The van der Waals surface area contributed by atoms with Gasteiger partial charge in [0.05, 0.1) is 58.2 Å². The van der Waals surface area contributed by atoms with Crippen molar-refractivity contribution in [2.45, 2.75) is 6.04 Å². The van der Waals surface area contributed by atoms with Crippen LogP contribution in [0.5, 0.6) is 0 Å². The number of nitrogens with one attached hydrogen (secondary N) is 3. The van der Waals surface area contributed by atoms with E-state index in [1.165, 1.54) is 6.20 Å². The van der Waals surface area contributed by atoms with Crippen LogP contribution < -0.4 is 10.6 Å². The third-order valence-electron chi connectivity index (χ3n) is 5.50. The average molecular weight is 514 g/mol. The van der Waals surface area contributed by atoms with Gasteiger partial charge in [-0.3, -0.25) is 4.98 Å². The maximum atomic E-state index is 13.8. The highest BCUT2D eigenvalue weighted by molar-refractivity contribution is 6.32. The smallest absolute Gasteiger partial charge is 0.249 e. The number of hydrogen-bond donors (Lipinski definition) is 3. The van der Waals surface area contributed by atoms with Crippen molar-refractivity contribution in [2.75, 3.05) is 10.6 Å². The fraction of sp³-hybridized carbons (Fsp3) is 0.0400. The number of fused-ring (bicyclic) bond motifs is 1. The Bertz CT molecular complexity index is 1710. The molecule has 0 fully saturated rings. The van der Waals surface area contributed by atoms with Crippen molar-refractivity contribution in [3.63, 3.8) is 0 Å². The van der Waals surface area contributed by atoms with E-state index in [2.05, 4.69) is 42.1 Å². The lowest BCUT2D eigenvalue weighted by molar-refractivity contribution is 0.480. The monoisotopic (exact) mass is 513 g/mol. The molecule has 0 spiro atoms. The predicted octanol–water partition coefficient (Wildman–Crippen LogP) is 5.37. The summed E-state index contributed by atoms with van der Waals surface area (Å²) in [6, 6.07) is 14.8. The maximum Gasteiger partial charge on any atom is 0.249 e. The molecule has 9 nitrogen and oxygen atoms in total. The number of nitrogens with zero attached hydrogens (tertiary/aromatic N) is 6. The van der Waals surface area contributed by atoms with E-state index in [-0.39, 0.29) is 16.9 Å². The van der Waals surface area contributed by atoms with Crippen LogP contribution in [-0.4, -0.2) is 25.4 Å². The zero-order valence-corrected chi connectivity index (χ0v) is 19.4. The van der Waals surface area contributed by atoms with Gasteiger partial charge in [-0.1, -0.05) is 23.7 Å². The van der Waals surface area contributed by atoms with E-state index in [0.29, 0.717) is 32.9 Å². The van der Waals surface area contributed by atoms with Gasteiger partial charge in [-0.15, -0.1) is 0 Å². The van der Waals surface area contributed by atoms with Crippen LogP contribution in [0.1, 0.15) is 28.4 Å². The molecular formula is C25H14ClF2N9. The van der Waals surface area contributed by atoms with Crippen LogP contribution in [0.2, 0.25) is 5.02 Å². The second-order valence-corrected chi connectivity index (χ2v) is 8.28. The van der Waals surface area contributed by atoms with Crippen molar-refractivity contribution in [1.82, 2.24) is 25.4 Å². The Hall–Kier alpha value is -5.13. The van der Waals surface area contributed by atoms with E-state index in [0.717, 1.165) is 17.8 Å². The molecule has 0 unspecified atom stereocenters. The van der Waals surface area contributed by atoms with Gasteiger partial charge in [0, 0.05) is 22.7 Å². The first kappa shape index (κ1) is 23.6. The van der Waals surface area contributed by atoms with Crippen molar-refractivity contribution >= 4 is 39.6 Å². The Labute approximate surface area is 213 Å². The van der Waals surface area contributed by atoms with Crippen LogP contribution in [0.3, 0.4) is 0 Å². The first-order chi connectivity index (χ1) is 18.0. The molecule has 0 aliphatic heterocycles. The van der Waals surface area contributed by atoms with E-state index in [1.807, 2.05) is 12.1 Å². The number of pyridine rings is 2. The van der Waals surface area contributed by atoms with Gasteiger partial charge in [0.1, 0.15) is 11.8 Å². The Balaban J connectivity index is 1.64. The van der Waals surface area contributed by atoms with Gasteiger partial charge >= 0.3 is 0 Å². The Morgan fingerprint density at radius 2 is 1.86 bits per heavy atom. The molecule has 0 amide bonds. The molecule has 12 heteroatoms. The number of rotatable bonds is 6. The molecule has 3 heterocycles. The SMILES string of the molecule is N#Cc1cccc([C@H](Nc2cc(Cl)cc3c(Nc4cnc(F)c(F)c4)c(C#N)cnc23)c2cn[nH]n2)c1. The number of aromatic nitrogens is 5. The number of nitriles is 2. The summed E-state index contributed by atoms with van der Waals surface area (Å²) in [5.74, 6) is -2.38. The largest absolute Gasteiger partial charge is 0.371 e. The predicted molar refractivity (Wildman–Crippen MR) is 132 cm³/mol. The minimum Gasteiger partial charge on any atom is -0.371 e.